The predicted octanol–water partition coefficient (Wildman–Crippen LogP) is 4.43. The van der Waals surface area contributed by atoms with Crippen molar-refractivity contribution < 1.29 is 13.4 Å². The van der Waals surface area contributed by atoms with Crippen LogP contribution in [-0.2, 0) is 10.8 Å². The molecule has 4 nitrogen and oxygen atoms in total. The van der Waals surface area contributed by atoms with Gasteiger partial charge in [-0.2, -0.15) is 0 Å². The van der Waals surface area contributed by atoms with E-state index in [9.17, 15) is 9.00 Å². The first-order chi connectivity index (χ1) is 11.5. The number of para-hydroxylation sites is 1. The number of furan rings is 1. The average Bonchev–Trinajstić information content (AvgIpc) is 2.91. The van der Waals surface area contributed by atoms with Crippen molar-refractivity contribution in [2.24, 2.45) is 0 Å². The molecule has 1 heterocycles. The highest BCUT2D eigenvalue weighted by molar-refractivity contribution is 7.85. The number of anilines is 1. The van der Waals surface area contributed by atoms with E-state index in [1.807, 2.05) is 45.0 Å². The fourth-order valence-electron chi connectivity index (χ4n) is 2.65. The van der Waals surface area contributed by atoms with E-state index in [4.69, 9.17) is 4.42 Å². The Morgan fingerprint density at radius 2 is 1.92 bits per heavy atom. The van der Waals surface area contributed by atoms with Gasteiger partial charge in [0.1, 0.15) is 5.58 Å². The Kier molecular flexibility index (Phi) is 4.53. The first kappa shape index (κ1) is 16.5. The normalized spacial score (nSPS) is 12.3. The van der Waals surface area contributed by atoms with E-state index in [0.717, 1.165) is 16.5 Å². The monoisotopic (exact) mass is 341 g/mol. The van der Waals surface area contributed by atoms with Gasteiger partial charge in [0.25, 0.3) is 5.91 Å². The molecule has 0 aliphatic heterocycles. The molecule has 0 unspecified atom stereocenters. The third-order valence-electron chi connectivity index (χ3n) is 3.94. The summed E-state index contributed by atoms with van der Waals surface area (Å²) in [6.07, 6.45) is 0. The van der Waals surface area contributed by atoms with Crippen molar-refractivity contribution in [3.63, 3.8) is 0 Å². The van der Waals surface area contributed by atoms with Crippen LogP contribution in [0.25, 0.3) is 11.0 Å². The predicted molar refractivity (Wildman–Crippen MR) is 97.0 cm³/mol. The van der Waals surface area contributed by atoms with E-state index >= 15 is 0 Å². The largest absolute Gasteiger partial charge is 0.451 e. The van der Waals surface area contributed by atoms with Crippen LogP contribution in [0.2, 0.25) is 0 Å². The molecule has 124 valence electrons. The van der Waals surface area contributed by atoms with Crippen LogP contribution < -0.4 is 5.32 Å². The molecule has 0 fully saturated rings. The summed E-state index contributed by atoms with van der Waals surface area (Å²) in [6, 6.07) is 13.0. The molecule has 0 saturated heterocycles. The molecule has 5 heteroatoms. The third kappa shape index (κ3) is 2.99. The van der Waals surface area contributed by atoms with Gasteiger partial charge in [-0.25, -0.2) is 0 Å². The molecule has 3 aromatic rings. The van der Waals surface area contributed by atoms with Crippen molar-refractivity contribution in [1.82, 2.24) is 0 Å². The molecular weight excluding hydrogens is 322 g/mol. The van der Waals surface area contributed by atoms with Crippen LogP contribution in [0.15, 0.2) is 51.8 Å². The molecular formula is C19H19NO3S. The number of aryl methyl sites for hydroxylation is 2. The Balaban J connectivity index is 1.97. The molecule has 1 aromatic heterocycles. The average molecular weight is 341 g/mol. The molecule has 1 N–H and O–H groups in total. The fourth-order valence-corrected chi connectivity index (χ4v) is 3.56. The number of fused-ring (bicyclic) bond motifs is 1. The maximum Gasteiger partial charge on any atom is 0.291 e. The summed E-state index contributed by atoms with van der Waals surface area (Å²) in [5, 5.41) is 3.77. The van der Waals surface area contributed by atoms with E-state index < -0.39 is 10.8 Å². The van der Waals surface area contributed by atoms with Crippen LogP contribution in [-0.4, -0.2) is 15.9 Å². The minimum absolute atomic E-state index is 0.285. The van der Waals surface area contributed by atoms with Crippen molar-refractivity contribution in [2.45, 2.75) is 25.7 Å². The van der Waals surface area contributed by atoms with Crippen LogP contribution in [0.5, 0.6) is 0 Å². The smallest absolute Gasteiger partial charge is 0.291 e. The minimum Gasteiger partial charge on any atom is -0.451 e. The topological polar surface area (TPSA) is 59.3 Å². The van der Waals surface area contributed by atoms with Gasteiger partial charge in [-0.1, -0.05) is 30.7 Å². The van der Waals surface area contributed by atoms with Crippen molar-refractivity contribution >= 4 is 33.4 Å². The van der Waals surface area contributed by atoms with Gasteiger partial charge in [-0.15, -0.1) is 0 Å². The van der Waals surface area contributed by atoms with Gasteiger partial charge in [0.2, 0.25) is 0 Å². The van der Waals surface area contributed by atoms with Crippen LogP contribution >= 0.6 is 0 Å². The Morgan fingerprint density at radius 3 is 2.67 bits per heavy atom. The minimum atomic E-state index is -1.14. The maximum atomic E-state index is 12.6. The summed E-state index contributed by atoms with van der Waals surface area (Å²) in [5.41, 5.74) is 3.16. The lowest BCUT2D eigenvalue weighted by molar-refractivity contribution is 0.0997. The van der Waals surface area contributed by atoms with Gasteiger partial charge < -0.3 is 9.73 Å². The second-order valence-electron chi connectivity index (χ2n) is 5.64. The summed E-state index contributed by atoms with van der Waals surface area (Å²) < 4.78 is 17.9. The van der Waals surface area contributed by atoms with Gasteiger partial charge in [0.05, 0.1) is 21.4 Å². The zero-order valence-corrected chi connectivity index (χ0v) is 14.7. The molecule has 0 spiro atoms. The highest BCUT2D eigenvalue weighted by Crippen LogP contribution is 2.27. The third-order valence-corrected chi connectivity index (χ3v) is 5.31. The van der Waals surface area contributed by atoms with Gasteiger partial charge >= 0.3 is 0 Å². The highest BCUT2D eigenvalue weighted by atomic mass is 32.2. The number of nitrogens with one attached hydrogen (secondary N) is 1. The van der Waals surface area contributed by atoms with Gasteiger partial charge in [0.15, 0.2) is 5.76 Å². The Labute approximate surface area is 143 Å². The Morgan fingerprint density at radius 1 is 1.17 bits per heavy atom. The molecule has 3 rings (SSSR count). The molecule has 1 amide bonds. The van der Waals surface area contributed by atoms with Crippen LogP contribution in [0.3, 0.4) is 0 Å². The van der Waals surface area contributed by atoms with E-state index in [-0.39, 0.29) is 11.7 Å². The number of hydrogen-bond donors (Lipinski definition) is 1. The number of rotatable bonds is 4. The fraction of sp³-hybridized carbons (Fsp3) is 0.211. The summed E-state index contributed by atoms with van der Waals surface area (Å²) in [5.74, 6) is 0.449. The molecule has 0 aliphatic rings. The van der Waals surface area contributed by atoms with Crippen molar-refractivity contribution in [3.05, 3.63) is 59.4 Å². The molecule has 24 heavy (non-hydrogen) atoms. The number of amides is 1. The van der Waals surface area contributed by atoms with Gasteiger partial charge in [-0.05, 0) is 38.1 Å². The molecule has 0 bridgehead atoms. The number of hydrogen-bond acceptors (Lipinski definition) is 3. The summed E-state index contributed by atoms with van der Waals surface area (Å²) >= 11 is 0. The standard InChI is InChI=1S/C19H19NO3S/c1-4-24(22)17-8-6-5-7-15(17)20-19(21)18-13(3)14-11-12(2)9-10-16(14)23-18/h5-11H,4H2,1-3H3,(H,20,21)/t24-/m0/s1. The van der Waals surface area contributed by atoms with Gasteiger partial charge in [0, 0.05) is 16.7 Å². The molecule has 0 saturated carbocycles. The first-order valence-corrected chi connectivity index (χ1v) is 9.11. The molecule has 0 aliphatic carbocycles. The zero-order valence-electron chi connectivity index (χ0n) is 13.9. The van der Waals surface area contributed by atoms with E-state index in [1.54, 1.807) is 18.2 Å². The van der Waals surface area contributed by atoms with Crippen LogP contribution in [0, 0.1) is 13.8 Å². The quantitative estimate of drug-likeness (QED) is 0.764. The second-order valence-corrected chi connectivity index (χ2v) is 7.35. The van der Waals surface area contributed by atoms with E-state index in [1.165, 1.54) is 0 Å². The number of carbonyl (C=O) groups excluding carboxylic acids is 1. The van der Waals surface area contributed by atoms with Crippen LogP contribution in [0.1, 0.15) is 28.6 Å². The van der Waals surface area contributed by atoms with Crippen molar-refractivity contribution in [2.75, 3.05) is 11.1 Å². The number of carbonyl (C=O) groups is 1. The summed E-state index contributed by atoms with van der Waals surface area (Å²) in [4.78, 5) is 13.3. The lowest BCUT2D eigenvalue weighted by atomic mass is 10.1. The number of benzene rings is 2. The zero-order chi connectivity index (χ0) is 17.3. The first-order valence-electron chi connectivity index (χ1n) is 7.79. The Bertz CT molecular complexity index is 943. The maximum absolute atomic E-state index is 12.6. The van der Waals surface area contributed by atoms with Crippen LogP contribution in [0.4, 0.5) is 5.69 Å². The molecule has 1 atom stereocenters. The molecule has 0 radical (unpaired) electrons. The second kappa shape index (κ2) is 6.61. The van der Waals surface area contributed by atoms with E-state index in [0.29, 0.717) is 21.9 Å². The summed E-state index contributed by atoms with van der Waals surface area (Å²) in [6.45, 7) is 5.72. The highest BCUT2D eigenvalue weighted by Gasteiger charge is 2.19. The van der Waals surface area contributed by atoms with Gasteiger partial charge in [-0.3, -0.25) is 9.00 Å². The lowest BCUT2D eigenvalue weighted by Gasteiger charge is -2.09. The summed E-state index contributed by atoms with van der Waals surface area (Å²) in [7, 11) is -1.14. The Hall–Kier alpha value is -2.40. The van der Waals surface area contributed by atoms with Crippen molar-refractivity contribution in [3.8, 4) is 0 Å². The van der Waals surface area contributed by atoms with Crippen molar-refractivity contribution in [1.29, 1.82) is 0 Å². The lowest BCUT2D eigenvalue weighted by Crippen LogP contribution is -2.14. The molecule has 2 aromatic carbocycles. The van der Waals surface area contributed by atoms with E-state index in [2.05, 4.69) is 5.32 Å². The SMILES string of the molecule is CC[S@](=O)c1ccccc1NC(=O)c1oc2ccc(C)cc2c1C.